The fourth-order valence-corrected chi connectivity index (χ4v) is 2.99. The van der Waals surface area contributed by atoms with Gasteiger partial charge in [0.05, 0.1) is 11.9 Å². The van der Waals surface area contributed by atoms with Crippen molar-refractivity contribution in [3.63, 3.8) is 0 Å². The van der Waals surface area contributed by atoms with Crippen LogP contribution >= 0.6 is 0 Å². The molecule has 1 unspecified atom stereocenters. The topological polar surface area (TPSA) is 88.8 Å². The van der Waals surface area contributed by atoms with E-state index in [4.69, 9.17) is 5.73 Å². The molecule has 1 saturated heterocycles. The van der Waals surface area contributed by atoms with Gasteiger partial charge < -0.3 is 16.4 Å². The number of alkyl halides is 1. The number of hydrogen-bond donors (Lipinski definition) is 3. The summed E-state index contributed by atoms with van der Waals surface area (Å²) in [6.45, 7) is 7.31. The van der Waals surface area contributed by atoms with E-state index in [1.54, 1.807) is 24.7 Å². The van der Waals surface area contributed by atoms with E-state index in [9.17, 15) is 4.39 Å². The van der Waals surface area contributed by atoms with Crippen molar-refractivity contribution in [3.05, 3.63) is 59.3 Å². The molecule has 0 saturated carbocycles. The Morgan fingerprint density at radius 2 is 2.19 bits per heavy atom. The zero-order valence-electron chi connectivity index (χ0n) is 15.5. The number of pyridine rings is 1. The zero-order chi connectivity index (χ0) is 19.3. The van der Waals surface area contributed by atoms with Gasteiger partial charge in [0, 0.05) is 30.8 Å². The summed E-state index contributed by atoms with van der Waals surface area (Å²) in [6, 6.07) is 3.87. The first-order valence-electron chi connectivity index (χ1n) is 9.01. The molecule has 2 aromatic heterocycles. The van der Waals surface area contributed by atoms with Crippen LogP contribution in [0.4, 0.5) is 4.39 Å². The zero-order valence-corrected chi connectivity index (χ0v) is 15.5. The Balaban J connectivity index is 1.86. The molecule has 27 heavy (non-hydrogen) atoms. The Morgan fingerprint density at radius 1 is 1.37 bits per heavy atom. The second kappa shape index (κ2) is 8.26. The second-order valence-electron chi connectivity index (χ2n) is 6.85. The van der Waals surface area contributed by atoms with Crippen molar-refractivity contribution in [3.8, 4) is 0 Å². The van der Waals surface area contributed by atoms with Gasteiger partial charge in [-0.2, -0.15) is 0 Å². The van der Waals surface area contributed by atoms with E-state index in [-0.39, 0.29) is 6.54 Å². The summed E-state index contributed by atoms with van der Waals surface area (Å²) in [7, 11) is 0. The molecular weight excluding hydrogens is 343 g/mol. The predicted octanol–water partition coefficient (Wildman–Crippen LogP) is 0.380. The van der Waals surface area contributed by atoms with Gasteiger partial charge in [0.1, 0.15) is 16.8 Å². The Kier molecular flexibility index (Phi) is 5.81. The van der Waals surface area contributed by atoms with Crippen LogP contribution in [0.2, 0.25) is 0 Å². The molecule has 2 aromatic rings. The molecule has 0 aliphatic carbocycles. The second-order valence-corrected chi connectivity index (χ2v) is 6.85. The normalized spacial score (nSPS) is 21.6. The molecule has 0 bridgehead atoms. The maximum Gasteiger partial charge on any atom is 0.140 e. The Bertz CT molecular complexity index is 916. The number of nitrogens with two attached hydrogens (primary N) is 1. The van der Waals surface area contributed by atoms with Gasteiger partial charge in [0.2, 0.25) is 0 Å². The molecule has 0 aromatic carbocycles. The van der Waals surface area contributed by atoms with Gasteiger partial charge in [-0.15, -0.1) is 0 Å². The van der Waals surface area contributed by atoms with Crippen LogP contribution in [0, 0.1) is 6.92 Å². The van der Waals surface area contributed by atoms with Crippen molar-refractivity contribution in [2.24, 2.45) is 5.73 Å². The number of aryl methyl sites for hydroxylation is 1. The lowest BCUT2D eigenvalue weighted by molar-refractivity contribution is 0.125. The lowest BCUT2D eigenvalue weighted by atomic mass is 9.96. The van der Waals surface area contributed by atoms with E-state index in [0.717, 1.165) is 29.8 Å². The van der Waals surface area contributed by atoms with Crippen molar-refractivity contribution in [2.45, 2.75) is 25.4 Å². The van der Waals surface area contributed by atoms with E-state index in [2.05, 4.69) is 32.2 Å². The summed E-state index contributed by atoms with van der Waals surface area (Å²) >= 11 is 0. The molecule has 6 nitrogen and oxygen atoms in total. The van der Waals surface area contributed by atoms with Gasteiger partial charge >= 0.3 is 0 Å². The van der Waals surface area contributed by atoms with E-state index in [1.165, 1.54) is 0 Å². The first kappa shape index (κ1) is 19.0. The molecule has 0 radical (unpaired) electrons. The summed E-state index contributed by atoms with van der Waals surface area (Å²) < 4.78 is 14.8. The molecule has 1 fully saturated rings. The average Bonchev–Trinajstić information content (AvgIpc) is 2.68. The number of piperidine rings is 1. The highest BCUT2D eigenvalue weighted by Gasteiger charge is 2.31. The number of rotatable bonds is 5. The average molecular weight is 368 g/mol. The van der Waals surface area contributed by atoms with Crippen LogP contribution in [-0.4, -0.2) is 40.3 Å². The molecule has 1 atom stereocenters. The minimum Gasteiger partial charge on any atom is -0.384 e. The Morgan fingerprint density at radius 3 is 2.89 bits per heavy atom. The van der Waals surface area contributed by atoms with Crippen LogP contribution in [0.25, 0.3) is 17.5 Å². The molecule has 3 heterocycles. The molecule has 7 heteroatoms. The lowest BCUT2D eigenvalue weighted by Crippen LogP contribution is -2.50. The Labute approximate surface area is 158 Å². The van der Waals surface area contributed by atoms with Crippen LogP contribution in [0.3, 0.4) is 0 Å². The lowest BCUT2D eigenvalue weighted by Gasteiger charge is -2.30. The fraction of sp³-hybridized carbons (Fsp3) is 0.350. The van der Waals surface area contributed by atoms with Crippen LogP contribution in [0.1, 0.15) is 24.1 Å². The number of aromatic nitrogens is 3. The van der Waals surface area contributed by atoms with Crippen LogP contribution in [0.15, 0.2) is 37.3 Å². The van der Waals surface area contributed by atoms with Crippen LogP contribution < -0.4 is 27.1 Å². The van der Waals surface area contributed by atoms with E-state index < -0.39 is 5.67 Å². The molecule has 3 rings (SSSR count). The van der Waals surface area contributed by atoms with Gasteiger partial charge in [-0.3, -0.25) is 9.97 Å². The Hall–Kier alpha value is -2.80. The molecular formula is C20H25FN6. The van der Waals surface area contributed by atoms with Gasteiger partial charge in [-0.1, -0.05) is 12.6 Å². The van der Waals surface area contributed by atoms with Gasteiger partial charge in [0.25, 0.3) is 0 Å². The highest BCUT2D eigenvalue weighted by atomic mass is 19.1. The number of allylic oxidation sites excluding steroid dienone is 1. The molecule has 0 amide bonds. The molecule has 1 aliphatic rings. The third kappa shape index (κ3) is 4.89. The summed E-state index contributed by atoms with van der Waals surface area (Å²) in [5.41, 5.74) is 7.42. The van der Waals surface area contributed by atoms with Crippen molar-refractivity contribution in [1.82, 2.24) is 25.6 Å². The smallest absolute Gasteiger partial charge is 0.140 e. The summed E-state index contributed by atoms with van der Waals surface area (Å²) in [5.74, 6) is 0.298. The standard InChI is InChI=1S/C20H25FN6/c1-14(16-5-4-15(2)26-11-16)10-17-18(25-9-8-24-17)19(22)27-13-20(21)6-3-7-23-12-20/h4-5,8-11,23,27H,1,3,6-7,12-13,22H2,2H3/b17-10+,19-18-. The fourth-order valence-electron chi connectivity index (χ4n) is 2.99. The predicted molar refractivity (Wildman–Crippen MR) is 105 cm³/mol. The van der Waals surface area contributed by atoms with Crippen LogP contribution in [-0.2, 0) is 0 Å². The van der Waals surface area contributed by atoms with Crippen molar-refractivity contribution in [1.29, 1.82) is 0 Å². The molecule has 4 N–H and O–H groups in total. The minimum absolute atomic E-state index is 0.130. The number of nitrogens with zero attached hydrogens (tertiary/aromatic N) is 3. The van der Waals surface area contributed by atoms with Gasteiger partial charge in [-0.05, 0) is 49.6 Å². The van der Waals surface area contributed by atoms with Crippen molar-refractivity contribution in [2.75, 3.05) is 19.6 Å². The highest BCUT2D eigenvalue weighted by molar-refractivity contribution is 5.86. The first-order valence-corrected chi connectivity index (χ1v) is 9.01. The number of halogens is 1. The highest BCUT2D eigenvalue weighted by Crippen LogP contribution is 2.19. The summed E-state index contributed by atoms with van der Waals surface area (Å²) in [6.07, 6.45) is 8.04. The first-order chi connectivity index (χ1) is 13.0. The van der Waals surface area contributed by atoms with Crippen LogP contribution in [0.5, 0.6) is 0 Å². The largest absolute Gasteiger partial charge is 0.384 e. The summed E-state index contributed by atoms with van der Waals surface area (Å²) in [5, 5.41) is 7.12. The van der Waals surface area contributed by atoms with Crippen molar-refractivity contribution >= 4 is 17.5 Å². The molecule has 0 spiro atoms. The van der Waals surface area contributed by atoms with Gasteiger partial charge in [0.15, 0.2) is 0 Å². The maximum absolute atomic E-state index is 14.8. The summed E-state index contributed by atoms with van der Waals surface area (Å²) in [4.78, 5) is 12.9. The van der Waals surface area contributed by atoms with E-state index in [1.807, 2.05) is 19.1 Å². The SMILES string of the molecule is C=C(/C=c1/nccn/c1=C(/N)NCC1(F)CCCNC1)c1ccc(C)nc1. The molecule has 142 valence electrons. The quantitative estimate of drug-likeness (QED) is 0.707. The van der Waals surface area contributed by atoms with E-state index >= 15 is 0 Å². The van der Waals surface area contributed by atoms with Gasteiger partial charge in [-0.25, -0.2) is 9.37 Å². The maximum atomic E-state index is 14.8. The minimum atomic E-state index is -1.31. The van der Waals surface area contributed by atoms with E-state index in [0.29, 0.717) is 29.5 Å². The number of nitrogens with one attached hydrogen (secondary N) is 2. The third-order valence-corrected chi connectivity index (χ3v) is 4.59. The third-order valence-electron chi connectivity index (χ3n) is 4.59. The monoisotopic (exact) mass is 368 g/mol. The number of hydrogen-bond acceptors (Lipinski definition) is 6. The van der Waals surface area contributed by atoms with Crippen molar-refractivity contribution < 1.29 is 4.39 Å². The molecule has 1 aliphatic heterocycles.